The van der Waals surface area contributed by atoms with E-state index in [0.717, 1.165) is 12.8 Å². The minimum atomic E-state index is -0.717. The minimum absolute atomic E-state index is 0.0973. The number of hydrogen-bond acceptors (Lipinski definition) is 5. The highest BCUT2D eigenvalue weighted by Crippen LogP contribution is 2.36. The Bertz CT molecular complexity index is 624. The molecule has 2 N–H and O–H groups in total. The van der Waals surface area contributed by atoms with E-state index in [0.29, 0.717) is 5.69 Å². The lowest BCUT2D eigenvalue weighted by Crippen LogP contribution is -2.15. The number of carbonyl (C=O) groups is 1. The molecule has 0 atom stereocenters. The number of nitrogens with zero attached hydrogens (tertiary/aromatic N) is 2. The Kier molecular flexibility index (Phi) is 3.66. The van der Waals surface area contributed by atoms with Crippen molar-refractivity contribution in [1.82, 2.24) is 0 Å². The third-order valence-electron chi connectivity index (χ3n) is 2.90. The first-order valence-electron chi connectivity index (χ1n) is 5.92. The second-order valence-electron chi connectivity index (χ2n) is 4.40. The number of nitrogens with one attached hydrogen (secondary N) is 1. The monoisotopic (exact) mass is 273 g/mol. The van der Waals surface area contributed by atoms with E-state index >= 15 is 0 Å². The predicted molar refractivity (Wildman–Crippen MR) is 69.7 cm³/mol. The average molecular weight is 273 g/mol. The third kappa shape index (κ3) is 2.92. The fourth-order valence-electron chi connectivity index (χ4n) is 1.65. The Hall–Kier alpha value is -2.88. The van der Waals surface area contributed by atoms with Crippen molar-refractivity contribution in [2.24, 2.45) is 5.92 Å². The maximum absolute atomic E-state index is 11.9. The largest absolute Gasteiger partial charge is 0.510 e. The van der Waals surface area contributed by atoms with Crippen molar-refractivity contribution in [3.05, 3.63) is 45.7 Å². The Labute approximate surface area is 114 Å². The van der Waals surface area contributed by atoms with Gasteiger partial charge >= 0.3 is 0 Å². The number of allylic oxidation sites excluding steroid dienone is 1. The van der Waals surface area contributed by atoms with Crippen molar-refractivity contribution in [1.29, 1.82) is 5.26 Å². The van der Waals surface area contributed by atoms with Crippen LogP contribution in [0.3, 0.4) is 0 Å². The van der Waals surface area contributed by atoms with Crippen molar-refractivity contribution < 1.29 is 14.8 Å². The minimum Gasteiger partial charge on any atom is -0.510 e. The average Bonchev–Trinajstić information content (AvgIpc) is 3.24. The molecule has 0 aliphatic heterocycles. The van der Waals surface area contributed by atoms with E-state index in [-0.39, 0.29) is 22.9 Å². The lowest BCUT2D eigenvalue weighted by Gasteiger charge is -2.05. The van der Waals surface area contributed by atoms with Crippen molar-refractivity contribution in [2.75, 3.05) is 5.32 Å². The third-order valence-corrected chi connectivity index (χ3v) is 2.90. The molecule has 1 fully saturated rings. The van der Waals surface area contributed by atoms with Crippen LogP contribution in [0.4, 0.5) is 11.4 Å². The topological polar surface area (TPSA) is 116 Å². The molecule has 102 valence electrons. The van der Waals surface area contributed by atoms with Crippen LogP contribution >= 0.6 is 0 Å². The van der Waals surface area contributed by atoms with Gasteiger partial charge in [-0.25, -0.2) is 0 Å². The number of hydrogen-bond donors (Lipinski definition) is 2. The lowest BCUT2D eigenvalue weighted by molar-refractivity contribution is -0.384. The van der Waals surface area contributed by atoms with Gasteiger partial charge in [0.25, 0.3) is 11.6 Å². The zero-order chi connectivity index (χ0) is 14.7. The molecule has 1 aliphatic carbocycles. The van der Waals surface area contributed by atoms with Gasteiger partial charge in [0.1, 0.15) is 11.8 Å². The summed E-state index contributed by atoms with van der Waals surface area (Å²) in [7, 11) is 0. The van der Waals surface area contributed by atoms with E-state index in [4.69, 9.17) is 5.26 Å². The second-order valence-corrected chi connectivity index (χ2v) is 4.40. The molecule has 1 aromatic carbocycles. The highest BCUT2D eigenvalue weighted by atomic mass is 16.6. The predicted octanol–water partition coefficient (Wildman–Crippen LogP) is 2.28. The Morgan fingerprint density at radius 1 is 1.40 bits per heavy atom. The van der Waals surface area contributed by atoms with Gasteiger partial charge in [0, 0.05) is 23.7 Å². The molecule has 0 radical (unpaired) electrons. The quantitative estimate of drug-likeness (QED) is 0.287. The van der Waals surface area contributed by atoms with Crippen LogP contribution in [-0.2, 0) is 4.79 Å². The van der Waals surface area contributed by atoms with Crippen LogP contribution < -0.4 is 5.32 Å². The van der Waals surface area contributed by atoms with Gasteiger partial charge in [-0.15, -0.1) is 0 Å². The summed E-state index contributed by atoms with van der Waals surface area (Å²) >= 11 is 0. The summed E-state index contributed by atoms with van der Waals surface area (Å²) in [5.74, 6) is -1.01. The van der Waals surface area contributed by atoms with E-state index in [9.17, 15) is 20.0 Å². The number of anilines is 1. The number of nitro groups is 1. The standard InChI is InChI=1S/C13H11N3O4/c14-7-11(12(17)8-1-2-8)13(18)15-9-3-5-10(6-4-9)16(19)20/h3-6,8,17H,1-2H2,(H,15,18)/b12-11-. The van der Waals surface area contributed by atoms with E-state index in [2.05, 4.69) is 5.32 Å². The summed E-state index contributed by atoms with van der Waals surface area (Å²) in [6, 6.07) is 6.89. The fraction of sp³-hybridized carbons (Fsp3) is 0.231. The first-order valence-corrected chi connectivity index (χ1v) is 5.92. The summed E-state index contributed by atoms with van der Waals surface area (Å²) in [5.41, 5.74) is -0.0947. The molecule has 7 heteroatoms. The van der Waals surface area contributed by atoms with Crippen molar-refractivity contribution in [3.63, 3.8) is 0 Å². The normalized spacial score (nSPS) is 14.9. The van der Waals surface area contributed by atoms with Crippen LogP contribution in [0.25, 0.3) is 0 Å². The van der Waals surface area contributed by atoms with E-state index in [1.807, 2.05) is 0 Å². The van der Waals surface area contributed by atoms with Crippen molar-refractivity contribution >= 4 is 17.3 Å². The molecule has 0 heterocycles. The van der Waals surface area contributed by atoms with E-state index in [1.165, 1.54) is 24.3 Å². The summed E-state index contributed by atoms with van der Waals surface area (Å²) in [6.45, 7) is 0. The first-order chi connectivity index (χ1) is 9.52. The molecule has 1 amide bonds. The van der Waals surface area contributed by atoms with Crippen molar-refractivity contribution in [3.8, 4) is 6.07 Å². The zero-order valence-corrected chi connectivity index (χ0v) is 10.4. The number of aliphatic hydroxyl groups is 1. The molecule has 0 saturated heterocycles. The van der Waals surface area contributed by atoms with Gasteiger partial charge in [-0.1, -0.05) is 0 Å². The maximum Gasteiger partial charge on any atom is 0.269 e. The smallest absolute Gasteiger partial charge is 0.269 e. The van der Waals surface area contributed by atoms with Gasteiger partial charge in [-0.3, -0.25) is 14.9 Å². The Balaban J connectivity index is 2.13. The number of carbonyl (C=O) groups excluding carboxylic acids is 1. The highest BCUT2D eigenvalue weighted by molar-refractivity contribution is 6.07. The Morgan fingerprint density at radius 2 is 2.00 bits per heavy atom. The number of amides is 1. The van der Waals surface area contributed by atoms with Gasteiger partial charge in [0.05, 0.1) is 4.92 Å². The van der Waals surface area contributed by atoms with E-state index < -0.39 is 10.8 Å². The van der Waals surface area contributed by atoms with Crippen LogP contribution in [0.5, 0.6) is 0 Å². The fourth-order valence-corrected chi connectivity index (χ4v) is 1.65. The van der Waals surface area contributed by atoms with Crippen LogP contribution in [0.15, 0.2) is 35.6 Å². The molecule has 0 aromatic heterocycles. The van der Waals surface area contributed by atoms with Crippen LogP contribution in [0.2, 0.25) is 0 Å². The van der Waals surface area contributed by atoms with Gasteiger partial charge in [0.2, 0.25) is 0 Å². The molecule has 1 aromatic rings. The van der Waals surface area contributed by atoms with Crippen LogP contribution in [-0.4, -0.2) is 15.9 Å². The van der Waals surface area contributed by atoms with Gasteiger partial charge < -0.3 is 10.4 Å². The van der Waals surface area contributed by atoms with E-state index in [1.54, 1.807) is 6.07 Å². The van der Waals surface area contributed by atoms with Gasteiger partial charge in [0.15, 0.2) is 5.57 Å². The lowest BCUT2D eigenvalue weighted by atomic mass is 10.1. The zero-order valence-electron chi connectivity index (χ0n) is 10.4. The highest BCUT2D eigenvalue weighted by Gasteiger charge is 2.30. The second kappa shape index (κ2) is 5.40. The molecular weight excluding hydrogens is 262 g/mol. The number of nitro benzene ring substituents is 1. The summed E-state index contributed by atoms with van der Waals surface area (Å²) < 4.78 is 0. The molecule has 2 rings (SSSR count). The first kappa shape index (κ1) is 13.5. The number of rotatable bonds is 4. The molecule has 7 nitrogen and oxygen atoms in total. The molecule has 1 saturated carbocycles. The summed E-state index contributed by atoms with van der Waals surface area (Å²) in [6.07, 6.45) is 1.53. The number of non-ortho nitro benzene ring substituents is 1. The summed E-state index contributed by atoms with van der Waals surface area (Å²) in [4.78, 5) is 21.8. The SMILES string of the molecule is N#C/C(C(=O)Nc1ccc([N+](=O)[O-])cc1)=C(/O)C1CC1. The molecular formula is C13H11N3O4. The molecule has 0 bridgehead atoms. The molecule has 0 unspecified atom stereocenters. The molecule has 1 aliphatic rings. The summed E-state index contributed by atoms with van der Waals surface area (Å²) in [5, 5.41) is 31.6. The number of benzene rings is 1. The van der Waals surface area contributed by atoms with Crippen LogP contribution in [0.1, 0.15) is 12.8 Å². The van der Waals surface area contributed by atoms with Crippen molar-refractivity contribution in [2.45, 2.75) is 12.8 Å². The maximum atomic E-state index is 11.9. The number of nitriles is 1. The van der Waals surface area contributed by atoms with Crippen LogP contribution in [0, 0.1) is 27.4 Å². The Morgan fingerprint density at radius 3 is 2.45 bits per heavy atom. The van der Waals surface area contributed by atoms with Gasteiger partial charge in [-0.2, -0.15) is 5.26 Å². The molecule has 0 spiro atoms. The number of aliphatic hydroxyl groups excluding tert-OH is 1. The van der Waals surface area contributed by atoms with Gasteiger partial charge in [-0.05, 0) is 25.0 Å². The molecule has 20 heavy (non-hydrogen) atoms.